The predicted octanol–water partition coefficient (Wildman–Crippen LogP) is 1.80. The van der Waals surface area contributed by atoms with Gasteiger partial charge >= 0.3 is 0 Å². The number of hydrogen-bond donors (Lipinski definition) is 2. The van der Waals surface area contributed by atoms with Crippen molar-refractivity contribution in [2.24, 2.45) is 0 Å². The first kappa shape index (κ1) is 15.3. The van der Waals surface area contributed by atoms with Gasteiger partial charge in [0.2, 0.25) is 0 Å². The summed E-state index contributed by atoms with van der Waals surface area (Å²) >= 11 is 0. The van der Waals surface area contributed by atoms with Crippen LogP contribution in [0.25, 0.3) is 0 Å². The highest BCUT2D eigenvalue weighted by Crippen LogP contribution is 2.17. The molecule has 0 spiro atoms. The number of benzene rings is 1. The Balaban J connectivity index is 1.74. The van der Waals surface area contributed by atoms with Gasteiger partial charge in [0.1, 0.15) is 5.75 Å². The summed E-state index contributed by atoms with van der Waals surface area (Å²) in [5, 5.41) is 13.6. The van der Waals surface area contributed by atoms with Gasteiger partial charge in [-0.25, -0.2) is 0 Å². The lowest BCUT2D eigenvalue weighted by molar-refractivity contribution is 0.166. The van der Waals surface area contributed by atoms with Gasteiger partial charge in [-0.3, -0.25) is 0 Å². The van der Waals surface area contributed by atoms with E-state index in [0.717, 1.165) is 17.9 Å². The first-order chi connectivity index (χ1) is 9.69. The van der Waals surface area contributed by atoms with Crippen LogP contribution in [0, 0.1) is 0 Å². The molecule has 4 heteroatoms. The van der Waals surface area contributed by atoms with Crippen LogP contribution in [-0.4, -0.2) is 49.3 Å². The van der Waals surface area contributed by atoms with Gasteiger partial charge in [-0.2, -0.15) is 0 Å². The van der Waals surface area contributed by atoms with Crippen molar-refractivity contribution in [2.45, 2.75) is 31.9 Å². The molecule has 112 valence electrons. The molecule has 1 aliphatic rings. The molecule has 0 bridgehead atoms. The Kier molecular flexibility index (Phi) is 5.83. The Morgan fingerprint density at radius 3 is 2.50 bits per heavy atom. The van der Waals surface area contributed by atoms with Crippen LogP contribution in [0.4, 0.5) is 0 Å². The van der Waals surface area contributed by atoms with Gasteiger partial charge in [-0.1, -0.05) is 12.1 Å². The Hall–Kier alpha value is -1.10. The molecule has 1 aliphatic heterocycles. The number of likely N-dealkylation sites (tertiary alicyclic amines) is 1. The maximum Gasteiger partial charge on any atom is 0.118 e. The average Bonchev–Trinajstić information content (AvgIpc) is 2.97. The second-order valence-corrected chi connectivity index (χ2v) is 5.61. The van der Waals surface area contributed by atoms with E-state index in [2.05, 4.69) is 17.1 Å². The summed E-state index contributed by atoms with van der Waals surface area (Å²) in [6, 6.07) is 7.99. The lowest BCUT2D eigenvalue weighted by Crippen LogP contribution is -2.39. The highest BCUT2D eigenvalue weighted by molar-refractivity contribution is 5.28. The predicted molar refractivity (Wildman–Crippen MR) is 81.1 cm³/mol. The summed E-state index contributed by atoms with van der Waals surface area (Å²) in [5.41, 5.74) is 0.923. The molecule has 0 saturated carbocycles. The monoisotopic (exact) mass is 278 g/mol. The SMILES string of the molecule is COc1ccc(C(O)CNC(C)CN2CCCC2)cc1. The van der Waals surface area contributed by atoms with Crippen LogP contribution in [0.15, 0.2) is 24.3 Å². The standard InChI is InChI=1S/C16H26N2O2/c1-13(12-18-9-3-4-10-18)17-11-16(19)14-5-7-15(20-2)8-6-14/h5-8,13,16-17,19H,3-4,9-12H2,1-2H3. The van der Waals surface area contributed by atoms with Crippen LogP contribution in [-0.2, 0) is 0 Å². The van der Waals surface area contributed by atoms with E-state index in [4.69, 9.17) is 4.74 Å². The molecule has 2 N–H and O–H groups in total. The van der Waals surface area contributed by atoms with Crippen molar-refractivity contribution < 1.29 is 9.84 Å². The van der Waals surface area contributed by atoms with Crippen molar-refractivity contribution >= 4 is 0 Å². The fraction of sp³-hybridized carbons (Fsp3) is 0.625. The number of ether oxygens (including phenoxy) is 1. The summed E-state index contributed by atoms with van der Waals surface area (Å²) in [5.74, 6) is 0.816. The molecule has 1 aromatic rings. The van der Waals surface area contributed by atoms with E-state index >= 15 is 0 Å². The molecule has 2 rings (SSSR count). The zero-order chi connectivity index (χ0) is 14.4. The van der Waals surface area contributed by atoms with Gasteiger partial charge in [0, 0.05) is 19.1 Å². The average molecular weight is 278 g/mol. The molecule has 4 nitrogen and oxygen atoms in total. The zero-order valence-corrected chi connectivity index (χ0v) is 12.5. The lowest BCUT2D eigenvalue weighted by Gasteiger charge is -2.22. The summed E-state index contributed by atoms with van der Waals surface area (Å²) in [7, 11) is 1.65. The van der Waals surface area contributed by atoms with E-state index in [1.54, 1.807) is 7.11 Å². The van der Waals surface area contributed by atoms with E-state index in [1.807, 2.05) is 24.3 Å². The Morgan fingerprint density at radius 2 is 1.90 bits per heavy atom. The van der Waals surface area contributed by atoms with E-state index < -0.39 is 6.10 Å². The highest BCUT2D eigenvalue weighted by atomic mass is 16.5. The van der Waals surface area contributed by atoms with Crippen molar-refractivity contribution in [3.63, 3.8) is 0 Å². The van der Waals surface area contributed by atoms with E-state index in [0.29, 0.717) is 12.6 Å². The maximum atomic E-state index is 10.2. The molecule has 2 unspecified atom stereocenters. The second kappa shape index (κ2) is 7.62. The zero-order valence-electron chi connectivity index (χ0n) is 12.5. The third-order valence-electron chi connectivity index (χ3n) is 3.89. The van der Waals surface area contributed by atoms with Crippen molar-refractivity contribution in [2.75, 3.05) is 33.3 Å². The minimum Gasteiger partial charge on any atom is -0.497 e. The minimum atomic E-state index is -0.470. The molecule has 1 saturated heterocycles. The molecule has 0 aliphatic carbocycles. The Labute approximate surface area is 121 Å². The van der Waals surface area contributed by atoms with Gasteiger partial charge < -0.3 is 20.1 Å². The second-order valence-electron chi connectivity index (χ2n) is 5.61. The smallest absolute Gasteiger partial charge is 0.118 e. The number of nitrogens with zero attached hydrogens (tertiary/aromatic N) is 1. The molecule has 0 aromatic heterocycles. The number of aliphatic hydroxyl groups excluding tert-OH is 1. The topological polar surface area (TPSA) is 44.7 Å². The number of methoxy groups -OCH3 is 1. The van der Waals surface area contributed by atoms with Crippen LogP contribution < -0.4 is 10.1 Å². The van der Waals surface area contributed by atoms with Crippen molar-refractivity contribution in [3.05, 3.63) is 29.8 Å². The van der Waals surface area contributed by atoms with Crippen molar-refractivity contribution in [3.8, 4) is 5.75 Å². The largest absolute Gasteiger partial charge is 0.497 e. The summed E-state index contributed by atoms with van der Waals surface area (Å²) in [6.45, 7) is 6.26. The third-order valence-corrected chi connectivity index (χ3v) is 3.89. The van der Waals surface area contributed by atoms with Crippen LogP contribution in [0.5, 0.6) is 5.75 Å². The minimum absolute atomic E-state index is 0.404. The van der Waals surface area contributed by atoms with Crippen LogP contribution in [0.3, 0.4) is 0 Å². The van der Waals surface area contributed by atoms with Gasteiger partial charge in [-0.05, 0) is 50.6 Å². The van der Waals surface area contributed by atoms with Crippen LogP contribution >= 0.6 is 0 Å². The summed E-state index contributed by atoms with van der Waals surface area (Å²) in [4.78, 5) is 2.48. The molecular weight excluding hydrogens is 252 g/mol. The van der Waals surface area contributed by atoms with Crippen molar-refractivity contribution in [1.29, 1.82) is 0 Å². The maximum absolute atomic E-state index is 10.2. The van der Waals surface area contributed by atoms with Gasteiger partial charge in [-0.15, -0.1) is 0 Å². The highest BCUT2D eigenvalue weighted by Gasteiger charge is 2.15. The number of aliphatic hydroxyl groups is 1. The fourth-order valence-electron chi connectivity index (χ4n) is 2.67. The molecule has 1 heterocycles. The van der Waals surface area contributed by atoms with Crippen LogP contribution in [0.2, 0.25) is 0 Å². The van der Waals surface area contributed by atoms with E-state index in [-0.39, 0.29) is 0 Å². The van der Waals surface area contributed by atoms with Crippen molar-refractivity contribution in [1.82, 2.24) is 10.2 Å². The first-order valence-electron chi connectivity index (χ1n) is 7.47. The Bertz CT molecular complexity index is 388. The molecular formula is C16H26N2O2. The molecule has 0 radical (unpaired) electrons. The molecule has 1 fully saturated rings. The quantitative estimate of drug-likeness (QED) is 0.798. The molecule has 0 amide bonds. The Morgan fingerprint density at radius 1 is 1.25 bits per heavy atom. The lowest BCUT2D eigenvalue weighted by atomic mass is 10.1. The molecule has 1 aromatic carbocycles. The number of rotatable bonds is 7. The summed E-state index contributed by atoms with van der Waals surface area (Å²) < 4.78 is 5.12. The molecule has 2 atom stereocenters. The summed E-state index contributed by atoms with van der Waals surface area (Å²) in [6.07, 6.45) is 2.17. The van der Waals surface area contributed by atoms with Gasteiger partial charge in [0.05, 0.1) is 13.2 Å². The first-order valence-corrected chi connectivity index (χ1v) is 7.47. The number of nitrogens with one attached hydrogen (secondary N) is 1. The van der Waals surface area contributed by atoms with Gasteiger partial charge in [0.25, 0.3) is 0 Å². The van der Waals surface area contributed by atoms with Crippen LogP contribution in [0.1, 0.15) is 31.4 Å². The fourth-order valence-corrected chi connectivity index (χ4v) is 2.67. The molecule has 20 heavy (non-hydrogen) atoms. The van der Waals surface area contributed by atoms with E-state index in [9.17, 15) is 5.11 Å². The van der Waals surface area contributed by atoms with E-state index in [1.165, 1.54) is 25.9 Å². The number of hydrogen-bond acceptors (Lipinski definition) is 4. The normalized spacial score (nSPS) is 18.9. The third kappa shape index (κ3) is 4.47. The van der Waals surface area contributed by atoms with Gasteiger partial charge in [0.15, 0.2) is 0 Å².